The Morgan fingerprint density at radius 2 is 1.79 bits per heavy atom. The SMILES string of the molecule is CC(C)(C)OC(=O)c1nc(N2CCc3cccc(C(=O)Nc4nc5ccccc5s4)c3C2)ccc1-c1cnn(Cc2ccccc2Cl)c1. The van der Waals surface area contributed by atoms with Crippen molar-refractivity contribution in [1.82, 2.24) is 19.7 Å². The van der Waals surface area contributed by atoms with Crippen LogP contribution in [0.2, 0.25) is 5.02 Å². The number of anilines is 2. The maximum absolute atomic E-state index is 13.6. The van der Waals surface area contributed by atoms with Gasteiger partial charge < -0.3 is 9.64 Å². The molecule has 1 aliphatic rings. The molecule has 0 unspecified atom stereocenters. The summed E-state index contributed by atoms with van der Waals surface area (Å²) in [5, 5.41) is 8.76. The summed E-state index contributed by atoms with van der Waals surface area (Å²) in [5.74, 6) is -0.110. The number of hydrogen-bond donors (Lipinski definition) is 1. The lowest BCUT2D eigenvalue weighted by atomic mass is 9.94. The third-order valence-corrected chi connectivity index (χ3v) is 9.38. The van der Waals surface area contributed by atoms with Crippen molar-refractivity contribution in [3.63, 3.8) is 0 Å². The second-order valence-corrected chi connectivity index (χ2v) is 14.1. The second kappa shape index (κ2) is 12.9. The van der Waals surface area contributed by atoms with Crippen molar-refractivity contribution in [3.8, 4) is 11.1 Å². The summed E-state index contributed by atoms with van der Waals surface area (Å²) in [4.78, 5) is 38.7. The lowest BCUT2D eigenvalue weighted by molar-refractivity contribution is 0.00638. The van der Waals surface area contributed by atoms with E-state index < -0.39 is 11.6 Å². The number of fused-ring (bicyclic) bond motifs is 2. The number of aromatic nitrogens is 4. The first kappa shape index (κ1) is 31.5. The van der Waals surface area contributed by atoms with Crippen molar-refractivity contribution >= 4 is 56.0 Å². The molecule has 0 radical (unpaired) electrons. The number of halogens is 1. The van der Waals surface area contributed by atoms with E-state index in [-0.39, 0.29) is 11.6 Å². The van der Waals surface area contributed by atoms with E-state index in [1.54, 1.807) is 10.9 Å². The van der Waals surface area contributed by atoms with Crippen LogP contribution < -0.4 is 10.2 Å². The van der Waals surface area contributed by atoms with Gasteiger partial charge in [0, 0.05) is 41.0 Å². The maximum Gasteiger partial charge on any atom is 0.358 e. The summed E-state index contributed by atoms with van der Waals surface area (Å²) >= 11 is 7.83. The van der Waals surface area contributed by atoms with Crippen molar-refractivity contribution in [2.75, 3.05) is 16.8 Å². The summed E-state index contributed by atoms with van der Waals surface area (Å²) < 4.78 is 8.60. The van der Waals surface area contributed by atoms with Gasteiger partial charge in [-0.05, 0) is 80.3 Å². The standard InChI is InChI=1S/C37H33ClN6O3S/c1-37(2,3)47-35(46)33-26(25-19-39-44(21-25)20-24-9-4-5-12-29(24)38)15-16-32(41-33)43-18-17-23-10-8-11-27(28(23)22-43)34(45)42-36-40-30-13-6-7-14-31(30)48-36/h4-16,19,21H,17-18,20,22H2,1-3H3,(H,40,42,45). The zero-order chi connectivity index (χ0) is 33.4. The summed E-state index contributed by atoms with van der Waals surface area (Å²) in [6.07, 6.45) is 4.31. The van der Waals surface area contributed by atoms with E-state index in [0.29, 0.717) is 46.7 Å². The number of carbonyl (C=O) groups is 2. The minimum atomic E-state index is -0.712. The highest BCUT2D eigenvalue weighted by Gasteiger charge is 2.27. The van der Waals surface area contributed by atoms with Gasteiger partial charge in [0.05, 0.1) is 23.0 Å². The first-order valence-corrected chi connectivity index (χ1v) is 16.8. The van der Waals surface area contributed by atoms with E-state index in [9.17, 15) is 9.59 Å². The summed E-state index contributed by atoms with van der Waals surface area (Å²) in [6.45, 7) is 7.10. The molecule has 6 aromatic rings. The number of pyridine rings is 1. The van der Waals surface area contributed by atoms with Crippen molar-refractivity contribution in [2.45, 2.75) is 45.9 Å². The number of rotatable bonds is 7. The molecule has 0 fully saturated rings. The topological polar surface area (TPSA) is 102 Å². The van der Waals surface area contributed by atoms with E-state index in [1.807, 2.05) is 99.8 Å². The van der Waals surface area contributed by atoms with Crippen LogP contribution in [0, 0.1) is 0 Å². The third-order valence-electron chi connectivity index (χ3n) is 8.06. The highest BCUT2D eigenvalue weighted by atomic mass is 35.5. The molecule has 1 aliphatic heterocycles. The summed E-state index contributed by atoms with van der Waals surface area (Å²) in [5.41, 5.74) is 5.25. The number of carbonyl (C=O) groups excluding carboxylic acids is 2. The van der Waals surface area contributed by atoms with E-state index in [4.69, 9.17) is 21.3 Å². The molecule has 1 amide bonds. The number of amides is 1. The van der Waals surface area contributed by atoms with Gasteiger partial charge in [0.15, 0.2) is 10.8 Å². The van der Waals surface area contributed by atoms with E-state index in [2.05, 4.69) is 26.4 Å². The predicted molar refractivity (Wildman–Crippen MR) is 190 cm³/mol. The Hall–Kier alpha value is -5.06. The number of ether oxygens (including phenoxy) is 1. The van der Waals surface area contributed by atoms with Gasteiger partial charge in [-0.2, -0.15) is 5.10 Å². The van der Waals surface area contributed by atoms with Crippen LogP contribution in [0.3, 0.4) is 0 Å². The summed E-state index contributed by atoms with van der Waals surface area (Å²) in [6, 6.07) is 25.1. The fourth-order valence-electron chi connectivity index (χ4n) is 5.81. The highest BCUT2D eigenvalue weighted by Crippen LogP contribution is 2.32. The van der Waals surface area contributed by atoms with E-state index in [0.717, 1.165) is 38.9 Å². The molecule has 242 valence electrons. The molecule has 1 N–H and O–H groups in total. The largest absolute Gasteiger partial charge is 0.455 e. The number of thiazole rings is 1. The number of para-hydroxylation sites is 1. The van der Waals surface area contributed by atoms with Crippen molar-refractivity contribution in [2.24, 2.45) is 0 Å². The fraction of sp³-hybridized carbons (Fsp3) is 0.216. The van der Waals surface area contributed by atoms with Gasteiger partial charge in [0.1, 0.15) is 11.4 Å². The van der Waals surface area contributed by atoms with Crippen LogP contribution in [-0.4, -0.2) is 43.8 Å². The highest BCUT2D eigenvalue weighted by molar-refractivity contribution is 7.22. The minimum absolute atomic E-state index is 0.201. The molecule has 7 rings (SSSR count). The average Bonchev–Trinajstić information content (AvgIpc) is 3.71. The monoisotopic (exact) mass is 676 g/mol. The van der Waals surface area contributed by atoms with Crippen molar-refractivity contribution in [3.05, 3.63) is 124 Å². The first-order chi connectivity index (χ1) is 23.1. The molecule has 0 spiro atoms. The molecular formula is C37H33ClN6O3S. The van der Waals surface area contributed by atoms with Crippen LogP contribution in [0.1, 0.15) is 58.3 Å². The summed E-state index contributed by atoms with van der Waals surface area (Å²) in [7, 11) is 0. The Bertz CT molecular complexity index is 2140. The normalized spacial score (nSPS) is 13.0. The van der Waals surface area contributed by atoms with Gasteiger partial charge in [-0.3, -0.25) is 14.8 Å². The Morgan fingerprint density at radius 1 is 0.979 bits per heavy atom. The fourth-order valence-corrected chi connectivity index (χ4v) is 6.87. The Balaban J connectivity index is 1.18. The van der Waals surface area contributed by atoms with Crippen LogP contribution in [0.4, 0.5) is 10.9 Å². The lowest BCUT2D eigenvalue weighted by Crippen LogP contribution is -2.33. The molecule has 48 heavy (non-hydrogen) atoms. The van der Waals surface area contributed by atoms with Crippen LogP contribution in [0.25, 0.3) is 21.3 Å². The molecule has 0 saturated carbocycles. The minimum Gasteiger partial charge on any atom is -0.455 e. The quantitative estimate of drug-likeness (QED) is 0.171. The van der Waals surface area contributed by atoms with Gasteiger partial charge >= 0.3 is 5.97 Å². The molecule has 0 aliphatic carbocycles. The van der Waals surface area contributed by atoms with Gasteiger partial charge in [0.2, 0.25) is 0 Å². The Morgan fingerprint density at radius 3 is 2.60 bits per heavy atom. The number of nitrogens with zero attached hydrogens (tertiary/aromatic N) is 5. The molecular weight excluding hydrogens is 644 g/mol. The van der Waals surface area contributed by atoms with Crippen LogP contribution in [-0.2, 0) is 24.2 Å². The molecule has 11 heteroatoms. The van der Waals surface area contributed by atoms with E-state index >= 15 is 0 Å². The Labute approximate surface area is 287 Å². The van der Waals surface area contributed by atoms with Gasteiger partial charge in [-0.1, -0.05) is 65.4 Å². The molecule has 3 aromatic carbocycles. The second-order valence-electron chi connectivity index (χ2n) is 12.6. The zero-order valence-corrected chi connectivity index (χ0v) is 28.3. The molecule has 4 heterocycles. The Kier molecular flexibility index (Phi) is 8.45. The molecule has 0 atom stereocenters. The van der Waals surface area contributed by atoms with Crippen molar-refractivity contribution < 1.29 is 14.3 Å². The van der Waals surface area contributed by atoms with Gasteiger partial charge in [0.25, 0.3) is 5.91 Å². The van der Waals surface area contributed by atoms with Gasteiger partial charge in [-0.25, -0.2) is 14.8 Å². The zero-order valence-electron chi connectivity index (χ0n) is 26.7. The third kappa shape index (κ3) is 6.67. The van der Waals surface area contributed by atoms with Crippen LogP contribution >= 0.6 is 22.9 Å². The number of hydrogen-bond acceptors (Lipinski definition) is 8. The van der Waals surface area contributed by atoms with Crippen molar-refractivity contribution in [1.29, 1.82) is 0 Å². The van der Waals surface area contributed by atoms with Crippen LogP contribution in [0.15, 0.2) is 91.3 Å². The molecule has 0 bridgehead atoms. The average molecular weight is 677 g/mol. The maximum atomic E-state index is 13.6. The number of esters is 1. The van der Waals surface area contributed by atoms with Crippen LogP contribution in [0.5, 0.6) is 0 Å². The molecule has 3 aromatic heterocycles. The van der Waals surface area contributed by atoms with Gasteiger partial charge in [-0.15, -0.1) is 0 Å². The number of nitrogens with one attached hydrogen (secondary N) is 1. The number of benzene rings is 3. The van der Waals surface area contributed by atoms with E-state index in [1.165, 1.54) is 11.3 Å². The predicted octanol–water partition coefficient (Wildman–Crippen LogP) is 8.03. The lowest BCUT2D eigenvalue weighted by Gasteiger charge is -2.31. The first-order valence-electron chi connectivity index (χ1n) is 15.6. The smallest absolute Gasteiger partial charge is 0.358 e. The molecule has 0 saturated heterocycles. The molecule has 9 nitrogen and oxygen atoms in total.